The molecule has 2 aliphatic heterocycles. The Morgan fingerprint density at radius 1 is 1.29 bits per heavy atom. The van der Waals surface area contributed by atoms with E-state index in [0.29, 0.717) is 84.7 Å². The van der Waals surface area contributed by atoms with Crippen molar-refractivity contribution in [2.24, 2.45) is 0 Å². The predicted molar refractivity (Wildman–Crippen MR) is 128 cm³/mol. The number of nitriles is 1. The molecule has 0 saturated carbocycles. The van der Waals surface area contributed by atoms with Crippen molar-refractivity contribution in [1.29, 1.82) is 5.26 Å². The number of aromatic nitrogens is 3. The van der Waals surface area contributed by atoms with E-state index in [-0.39, 0.29) is 11.9 Å². The molecule has 0 aliphatic carbocycles. The number of fused-ring (bicyclic) bond motifs is 2. The first-order chi connectivity index (χ1) is 16.6. The van der Waals surface area contributed by atoms with E-state index in [4.69, 9.17) is 9.47 Å². The summed E-state index contributed by atoms with van der Waals surface area (Å²) < 4.78 is 11.3. The number of benzene rings is 1. The highest BCUT2D eigenvalue weighted by Gasteiger charge is 2.28. The van der Waals surface area contributed by atoms with Gasteiger partial charge in [0.1, 0.15) is 23.3 Å². The molecule has 176 valence electrons. The van der Waals surface area contributed by atoms with Gasteiger partial charge >= 0.3 is 0 Å². The average Bonchev–Trinajstić information content (AvgIpc) is 3.52. The van der Waals surface area contributed by atoms with Crippen LogP contribution < -0.4 is 15.4 Å². The lowest BCUT2D eigenvalue weighted by Gasteiger charge is -2.27. The molecule has 1 aromatic carbocycles. The van der Waals surface area contributed by atoms with Crippen molar-refractivity contribution in [1.82, 2.24) is 19.9 Å². The zero-order chi connectivity index (χ0) is 23.7. The first-order valence-electron chi connectivity index (χ1n) is 11.6. The Morgan fingerprint density at radius 2 is 2.12 bits per heavy atom. The average molecular weight is 462 g/mol. The summed E-state index contributed by atoms with van der Waals surface area (Å²) in [5.74, 6) is 1.62. The molecule has 10 heteroatoms. The predicted octanol–water partition coefficient (Wildman–Crippen LogP) is 3.19. The van der Waals surface area contributed by atoms with Crippen molar-refractivity contribution in [3.8, 4) is 11.8 Å². The minimum atomic E-state index is 0.00438. The number of hydrogen-bond acceptors (Lipinski definition) is 8. The largest absolute Gasteiger partial charge is 0.491 e. The van der Waals surface area contributed by atoms with Crippen LogP contribution in [0.4, 0.5) is 17.5 Å². The summed E-state index contributed by atoms with van der Waals surface area (Å²) >= 11 is 0. The monoisotopic (exact) mass is 461 g/mol. The van der Waals surface area contributed by atoms with E-state index in [2.05, 4.69) is 45.5 Å². The third-order valence-corrected chi connectivity index (χ3v) is 6.28. The second-order valence-corrected chi connectivity index (χ2v) is 8.48. The number of H-pyrrole nitrogens is 1. The number of nitrogens with one attached hydrogen (secondary N) is 3. The van der Waals surface area contributed by atoms with Crippen molar-refractivity contribution < 1.29 is 14.3 Å². The maximum atomic E-state index is 13.1. The first-order valence-corrected chi connectivity index (χ1v) is 11.6. The number of carbonyl (C=O) groups excluding carboxylic acids is 1. The van der Waals surface area contributed by atoms with Crippen LogP contribution in [0.1, 0.15) is 41.8 Å². The minimum Gasteiger partial charge on any atom is -0.491 e. The van der Waals surface area contributed by atoms with E-state index >= 15 is 0 Å². The van der Waals surface area contributed by atoms with E-state index < -0.39 is 0 Å². The Hall–Kier alpha value is -3.84. The molecule has 2 aromatic heterocycles. The van der Waals surface area contributed by atoms with Gasteiger partial charge in [0.2, 0.25) is 5.95 Å². The third-order valence-electron chi connectivity index (χ3n) is 6.28. The first kappa shape index (κ1) is 22.0. The number of rotatable bonds is 6. The van der Waals surface area contributed by atoms with Crippen molar-refractivity contribution >= 4 is 34.4 Å². The lowest BCUT2D eigenvalue weighted by atomic mass is 10.0. The topological polar surface area (TPSA) is 128 Å². The van der Waals surface area contributed by atoms with Crippen LogP contribution in [0.25, 0.3) is 11.0 Å². The maximum absolute atomic E-state index is 13.1. The van der Waals surface area contributed by atoms with Gasteiger partial charge in [-0.25, -0.2) is 0 Å². The standard InChI is InChI=1S/C24H27N7O3/c1-3-14(2)27-22-19-15(12-25)13-26-21(19)29-24(30-22)28-18-5-4-17(16-6-9-34-20(16)18)23(32)31-7-10-33-11-8-31/h4-5,13-14H,3,6-11H2,1-2H3,(H3,26,27,28,29,30). The van der Waals surface area contributed by atoms with Crippen LogP contribution in [-0.2, 0) is 11.2 Å². The molecule has 34 heavy (non-hydrogen) atoms. The Morgan fingerprint density at radius 3 is 2.88 bits per heavy atom. The van der Waals surface area contributed by atoms with Gasteiger partial charge in [0.25, 0.3) is 5.91 Å². The maximum Gasteiger partial charge on any atom is 0.254 e. The number of hydrogen-bond donors (Lipinski definition) is 3. The second-order valence-electron chi connectivity index (χ2n) is 8.48. The number of ether oxygens (including phenoxy) is 2. The van der Waals surface area contributed by atoms with Gasteiger partial charge in [-0.15, -0.1) is 0 Å². The van der Waals surface area contributed by atoms with E-state index in [1.54, 1.807) is 6.20 Å². The van der Waals surface area contributed by atoms with E-state index in [0.717, 1.165) is 12.0 Å². The molecule has 3 aromatic rings. The van der Waals surface area contributed by atoms with E-state index in [1.165, 1.54) is 0 Å². The highest BCUT2D eigenvalue weighted by molar-refractivity contribution is 5.98. The third kappa shape index (κ3) is 3.99. The van der Waals surface area contributed by atoms with E-state index in [9.17, 15) is 10.1 Å². The molecule has 1 unspecified atom stereocenters. The molecular formula is C24H27N7O3. The van der Waals surface area contributed by atoms with Crippen molar-refractivity contribution in [2.45, 2.75) is 32.7 Å². The summed E-state index contributed by atoms with van der Waals surface area (Å²) in [5.41, 5.74) is 3.32. The lowest BCUT2D eigenvalue weighted by Crippen LogP contribution is -2.41. The number of anilines is 3. The van der Waals surface area contributed by atoms with Gasteiger partial charge in [0.05, 0.1) is 36.5 Å². The lowest BCUT2D eigenvalue weighted by molar-refractivity contribution is 0.0302. The molecule has 1 saturated heterocycles. The summed E-state index contributed by atoms with van der Waals surface area (Å²) in [6.45, 7) is 6.96. The fourth-order valence-corrected chi connectivity index (χ4v) is 4.27. The van der Waals surface area contributed by atoms with Crippen LogP contribution in [0, 0.1) is 11.3 Å². The fourth-order valence-electron chi connectivity index (χ4n) is 4.27. The van der Waals surface area contributed by atoms with Crippen molar-refractivity contribution in [3.63, 3.8) is 0 Å². The fraction of sp³-hybridized carbons (Fsp3) is 0.417. The number of aromatic amines is 1. The van der Waals surface area contributed by atoms with Crippen LogP contribution >= 0.6 is 0 Å². The molecule has 10 nitrogen and oxygen atoms in total. The summed E-state index contributed by atoms with van der Waals surface area (Å²) in [6, 6.07) is 6.04. The van der Waals surface area contributed by atoms with Crippen molar-refractivity contribution in [2.75, 3.05) is 43.5 Å². The normalized spacial score (nSPS) is 16.0. The molecule has 0 bridgehead atoms. The van der Waals surface area contributed by atoms with Gasteiger partial charge in [-0.2, -0.15) is 15.2 Å². The van der Waals surface area contributed by atoms with Gasteiger partial charge in [-0.1, -0.05) is 6.92 Å². The van der Waals surface area contributed by atoms with Gasteiger partial charge in [-0.3, -0.25) is 4.79 Å². The van der Waals surface area contributed by atoms with Gasteiger partial charge < -0.3 is 30.0 Å². The number of nitrogens with zero attached hydrogens (tertiary/aromatic N) is 4. The van der Waals surface area contributed by atoms with Crippen LogP contribution in [0.15, 0.2) is 18.3 Å². The Kier molecular flexibility index (Phi) is 5.94. The Balaban J connectivity index is 1.49. The molecule has 5 rings (SSSR count). The summed E-state index contributed by atoms with van der Waals surface area (Å²) in [7, 11) is 0. The minimum absolute atomic E-state index is 0.00438. The zero-order valence-electron chi connectivity index (χ0n) is 19.3. The molecule has 1 fully saturated rings. The molecule has 4 heterocycles. The van der Waals surface area contributed by atoms with Crippen LogP contribution in [0.5, 0.6) is 5.75 Å². The second kappa shape index (κ2) is 9.19. The van der Waals surface area contributed by atoms with Crippen molar-refractivity contribution in [3.05, 3.63) is 35.0 Å². The van der Waals surface area contributed by atoms with Gasteiger partial charge in [-0.05, 0) is 25.5 Å². The number of amides is 1. The molecular weight excluding hydrogens is 434 g/mol. The zero-order valence-corrected chi connectivity index (χ0v) is 19.3. The quantitative estimate of drug-likeness (QED) is 0.511. The van der Waals surface area contributed by atoms with Crippen LogP contribution in [0.3, 0.4) is 0 Å². The molecule has 0 spiro atoms. The summed E-state index contributed by atoms with van der Waals surface area (Å²) in [5, 5.41) is 16.8. The summed E-state index contributed by atoms with van der Waals surface area (Å²) in [6.07, 6.45) is 3.21. The number of morpholine rings is 1. The van der Waals surface area contributed by atoms with Crippen LogP contribution in [0.2, 0.25) is 0 Å². The molecule has 1 atom stereocenters. The Bertz CT molecular complexity index is 1270. The molecule has 2 aliphatic rings. The van der Waals surface area contributed by atoms with E-state index in [1.807, 2.05) is 17.0 Å². The van der Waals surface area contributed by atoms with Gasteiger partial charge in [0.15, 0.2) is 0 Å². The highest BCUT2D eigenvalue weighted by atomic mass is 16.5. The molecule has 0 radical (unpaired) electrons. The molecule has 1 amide bonds. The van der Waals surface area contributed by atoms with Gasteiger partial charge in [0, 0.05) is 42.9 Å². The number of carbonyl (C=O) groups is 1. The Labute approximate surface area is 197 Å². The highest BCUT2D eigenvalue weighted by Crippen LogP contribution is 2.38. The molecule has 3 N–H and O–H groups in total. The summed E-state index contributed by atoms with van der Waals surface area (Å²) in [4.78, 5) is 27.3. The van der Waals surface area contributed by atoms with Crippen LogP contribution in [-0.4, -0.2) is 64.7 Å². The SMILES string of the molecule is CCC(C)Nc1nc(Nc2ccc(C(=O)N3CCOCC3)c3c2OCC3)nc2[nH]cc(C#N)c12. The smallest absolute Gasteiger partial charge is 0.254 e.